The fourth-order valence-corrected chi connectivity index (χ4v) is 3.43. The van der Waals surface area contributed by atoms with Gasteiger partial charge >= 0.3 is 0 Å². The first-order valence-electron chi connectivity index (χ1n) is 6.82. The summed E-state index contributed by atoms with van der Waals surface area (Å²) in [6, 6.07) is 1.59. The zero-order valence-corrected chi connectivity index (χ0v) is 11.1. The SMILES string of the molecule is CC(C)NC(=O)C(C)N1C2CCC1CC(N)C2. The first kappa shape index (κ1) is 12.8. The van der Waals surface area contributed by atoms with E-state index in [4.69, 9.17) is 5.73 Å². The van der Waals surface area contributed by atoms with Crippen molar-refractivity contribution in [1.82, 2.24) is 10.2 Å². The number of hydrogen-bond acceptors (Lipinski definition) is 3. The summed E-state index contributed by atoms with van der Waals surface area (Å²) in [7, 11) is 0. The maximum atomic E-state index is 12.1. The number of amides is 1. The van der Waals surface area contributed by atoms with Crippen molar-refractivity contribution in [2.45, 2.75) is 76.7 Å². The first-order chi connectivity index (χ1) is 7.99. The Labute approximate surface area is 104 Å². The molecule has 0 aromatic rings. The number of hydrogen-bond donors (Lipinski definition) is 2. The molecule has 0 aromatic carbocycles. The minimum absolute atomic E-state index is 0.0117. The quantitative estimate of drug-likeness (QED) is 0.768. The number of nitrogens with zero attached hydrogens (tertiary/aromatic N) is 1. The van der Waals surface area contributed by atoms with E-state index >= 15 is 0 Å². The van der Waals surface area contributed by atoms with E-state index in [0.717, 1.165) is 12.8 Å². The third kappa shape index (κ3) is 2.63. The molecule has 1 amide bonds. The monoisotopic (exact) mass is 239 g/mol. The van der Waals surface area contributed by atoms with Crippen LogP contribution in [-0.2, 0) is 4.79 Å². The second-order valence-electron chi connectivity index (χ2n) is 5.90. The van der Waals surface area contributed by atoms with Crippen molar-refractivity contribution in [3.05, 3.63) is 0 Å². The van der Waals surface area contributed by atoms with Crippen molar-refractivity contribution < 1.29 is 4.79 Å². The molecule has 2 bridgehead atoms. The molecule has 2 heterocycles. The van der Waals surface area contributed by atoms with Crippen molar-refractivity contribution in [1.29, 1.82) is 0 Å². The summed E-state index contributed by atoms with van der Waals surface area (Å²) in [6.07, 6.45) is 4.51. The van der Waals surface area contributed by atoms with E-state index in [1.807, 2.05) is 20.8 Å². The van der Waals surface area contributed by atoms with Crippen molar-refractivity contribution in [3.8, 4) is 0 Å². The van der Waals surface area contributed by atoms with Crippen LogP contribution in [0.25, 0.3) is 0 Å². The van der Waals surface area contributed by atoms with Gasteiger partial charge in [-0.15, -0.1) is 0 Å². The van der Waals surface area contributed by atoms with E-state index in [1.54, 1.807) is 0 Å². The predicted molar refractivity (Wildman–Crippen MR) is 68.6 cm³/mol. The number of carbonyl (C=O) groups excluding carboxylic acids is 1. The standard InChI is InChI=1S/C13H25N3O/c1-8(2)15-13(17)9(3)16-11-4-5-12(16)7-10(14)6-11/h8-12H,4-7,14H2,1-3H3,(H,15,17). The summed E-state index contributed by atoms with van der Waals surface area (Å²) in [5, 5.41) is 3.01. The van der Waals surface area contributed by atoms with Crippen LogP contribution in [0.3, 0.4) is 0 Å². The molecule has 2 aliphatic heterocycles. The molecule has 0 radical (unpaired) electrons. The minimum Gasteiger partial charge on any atom is -0.353 e. The van der Waals surface area contributed by atoms with Crippen LogP contribution >= 0.6 is 0 Å². The van der Waals surface area contributed by atoms with Gasteiger partial charge in [0, 0.05) is 24.2 Å². The molecule has 4 heteroatoms. The van der Waals surface area contributed by atoms with E-state index in [-0.39, 0.29) is 18.0 Å². The number of nitrogens with two attached hydrogens (primary N) is 1. The van der Waals surface area contributed by atoms with Crippen LogP contribution in [0.1, 0.15) is 46.5 Å². The van der Waals surface area contributed by atoms with Gasteiger partial charge in [-0.05, 0) is 46.5 Å². The molecular formula is C13H25N3O. The summed E-state index contributed by atoms with van der Waals surface area (Å²) in [4.78, 5) is 14.5. The lowest BCUT2D eigenvalue weighted by molar-refractivity contribution is -0.128. The molecule has 3 atom stereocenters. The van der Waals surface area contributed by atoms with Crippen molar-refractivity contribution >= 4 is 5.91 Å². The van der Waals surface area contributed by atoms with E-state index in [1.165, 1.54) is 12.8 Å². The Morgan fingerprint density at radius 1 is 1.24 bits per heavy atom. The van der Waals surface area contributed by atoms with Crippen molar-refractivity contribution in [2.24, 2.45) is 5.73 Å². The molecular weight excluding hydrogens is 214 g/mol. The van der Waals surface area contributed by atoms with Crippen LogP contribution in [0.15, 0.2) is 0 Å². The largest absolute Gasteiger partial charge is 0.353 e. The molecule has 0 aromatic heterocycles. The molecule has 0 aliphatic carbocycles. The van der Waals surface area contributed by atoms with E-state index in [2.05, 4.69) is 10.2 Å². The molecule has 0 spiro atoms. The molecule has 2 rings (SSSR count). The normalized spacial score (nSPS) is 35.0. The summed E-state index contributed by atoms with van der Waals surface area (Å²) in [5.41, 5.74) is 6.05. The predicted octanol–water partition coefficient (Wildman–Crippen LogP) is 0.854. The number of fused-ring (bicyclic) bond motifs is 2. The van der Waals surface area contributed by atoms with E-state index < -0.39 is 0 Å². The summed E-state index contributed by atoms with van der Waals surface area (Å²) >= 11 is 0. The average molecular weight is 239 g/mol. The summed E-state index contributed by atoms with van der Waals surface area (Å²) in [6.45, 7) is 6.04. The van der Waals surface area contributed by atoms with E-state index in [0.29, 0.717) is 18.1 Å². The zero-order chi connectivity index (χ0) is 12.6. The Kier molecular flexibility index (Phi) is 3.73. The van der Waals surface area contributed by atoms with Crippen LogP contribution in [0.2, 0.25) is 0 Å². The Bertz CT molecular complexity index is 278. The van der Waals surface area contributed by atoms with Gasteiger partial charge in [0.1, 0.15) is 0 Å². The third-order valence-electron chi connectivity index (χ3n) is 4.08. The van der Waals surface area contributed by atoms with Gasteiger partial charge in [0.05, 0.1) is 6.04 Å². The van der Waals surface area contributed by atoms with Crippen LogP contribution in [0, 0.1) is 0 Å². The number of rotatable bonds is 3. The molecule has 2 fully saturated rings. The second-order valence-corrected chi connectivity index (χ2v) is 5.90. The average Bonchev–Trinajstić information content (AvgIpc) is 2.49. The molecule has 0 saturated carbocycles. The highest BCUT2D eigenvalue weighted by Gasteiger charge is 2.43. The summed E-state index contributed by atoms with van der Waals surface area (Å²) < 4.78 is 0. The van der Waals surface area contributed by atoms with Crippen molar-refractivity contribution in [3.63, 3.8) is 0 Å². The number of piperidine rings is 1. The fraction of sp³-hybridized carbons (Fsp3) is 0.923. The van der Waals surface area contributed by atoms with Crippen LogP contribution in [0.4, 0.5) is 0 Å². The molecule has 17 heavy (non-hydrogen) atoms. The molecule has 2 aliphatic rings. The lowest BCUT2D eigenvalue weighted by Gasteiger charge is -2.41. The second kappa shape index (κ2) is 4.94. The Morgan fingerprint density at radius 2 is 1.76 bits per heavy atom. The van der Waals surface area contributed by atoms with Crippen LogP contribution in [-0.4, -0.2) is 41.0 Å². The zero-order valence-electron chi connectivity index (χ0n) is 11.1. The number of carbonyl (C=O) groups is 1. The fourth-order valence-electron chi connectivity index (χ4n) is 3.43. The van der Waals surface area contributed by atoms with Gasteiger partial charge in [-0.25, -0.2) is 0 Å². The first-order valence-corrected chi connectivity index (χ1v) is 6.82. The molecule has 4 nitrogen and oxygen atoms in total. The highest BCUT2D eigenvalue weighted by atomic mass is 16.2. The van der Waals surface area contributed by atoms with Crippen LogP contribution in [0.5, 0.6) is 0 Å². The van der Waals surface area contributed by atoms with Crippen molar-refractivity contribution in [2.75, 3.05) is 0 Å². The maximum Gasteiger partial charge on any atom is 0.237 e. The Balaban J connectivity index is 2.00. The highest BCUT2D eigenvalue weighted by Crippen LogP contribution is 2.36. The molecule has 3 N–H and O–H groups in total. The molecule has 98 valence electrons. The van der Waals surface area contributed by atoms with Gasteiger partial charge in [-0.2, -0.15) is 0 Å². The molecule has 2 saturated heterocycles. The lowest BCUT2D eigenvalue weighted by Crippen LogP contribution is -2.56. The van der Waals surface area contributed by atoms with Gasteiger partial charge in [0.2, 0.25) is 5.91 Å². The van der Waals surface area contributed by atoms with Crippen LogP contribution < -0.4 is 11.1 Å². The third-order valence-corrected chi connectivity index (χ3v) is 4.08. The van der Waals surface area contributed by atoms with Gasteiger partial charge in [0.25, 0.3) is 0 Å². The highest BCUT2D eigenvalue weighted by molar-refractivity contribution is 5.81. The summed E-state index contributed by atoms with van der Waals surface area (Å²) in [5.74, 6) is 0.160. The van der Waals surface area contributed by atoms with E-state index in [9.17, 15) is 4.79 Å². The lowest BCUT2D eigenvalue weighted by atomic mass is 9.96. The van der Waals surface area contributed by atoms with Gasteiger partial charge < -0.3 is 11.1 Å². The van der Waals surface area contributed by atoms with Gasteiger partial charge in [0.15, 0.2) is 0 Å². The molecule has 3 unspecified atom stereocenters. The Hall–Kier alpha value is -0.610. The van der Waals surface area contributed by atoms with Gasteiger partial charge in [-0.1, -0.05) is 0 Å². The number of nitrogens with one attached hydrogen (secondary N) is 1. The minimum atomic E-state index is -0.0117. The topological polar surface area (TPSA) is 58.4 Å². The van der Waals surface area contributed by atoms with Gasteiger partial charge in [-0.3, -0.25) is 9.69 Å². The Morgan fingerprint density at radius 3 is 2.24 bits per heavy atom. The maximum absolute atomic E-state index is 12.1. The smallest absolute Gasteiger partial charge is 0.237 e.